The Labute approximate surface area is 72.9 Å². The zero-order valence-corrected chi connectivity index (χ0v) is 7.49. The molecule has 1 heterocycles. The second-order valence-corrected chi connectivity index (χ2v) is 3.38. The van der Waals surface area contributed by atoms with Crippen molar-refractivity contribution in [2.45, 2.75) is 38.3 Å². The molecule has 1 fully saturated rings. The molecule has 0 aliphatic carbocycles. The van der Waals surface area contributed by atoms with Gasteiger partial charge in [-0.15, -0.1) is 0 Å². The van der Waals surface area contributed by atoms with Crippen LogP contribution in [0.15, 0.2) is 0 Å². The molecule has 12 heavy (non-hydrogen) atoms. The molecule has 4 heteroatoms. The van der Waals surface area contributed by atoms with Gasteiger partial charge in [-0.3, -0.25) is 0 Å². The lowest BCUT2D eigenvalue weighted by Crippen LogP contribution is -2.51. The molecule has 70 valence electrons. The van der Waals surface area contributed by atoms with Crippen molar-refractivity contribution in [2.24, 2.45) is 11.5 Å². The molecule has 4 nitrogen and oxygen atoms in total. The fraction of sp³-hybridized carbons (Fsp3) is 0.875. The third-order valence-electron chi connectivity index (χ3n) is 2.51. The van der Waals surface area contributed by atoms with Gasteiger partial charge in [0.05, 0.1) is 0 Å². The molecule has 2 amide bonds. The predicted octanol–water partition coefficient (Wildman–Crippen LogP) is 0.267. The van der Waals surface area contributed by atoms with Crippen molar-refractivity contribution in [1.29, 1.82) is 0 Å². The molecule has 0 spiro atoms. The number of hydrogen-bond acceptors (Lipinski definition) is 2. The van der Waals surface area contributed by atoms with Gasteiger partial charge in [0.1, 0.15) is 0 Å². The molecule has 1 saturated heterocycles. The monoisotopic (exact) mass is 171 g/mol. The maximum Gasteiger partial charge on any atom is 0.315 e. The van der Waals surface area contributed by atoms with Gasteiger partial charge in [-0.05, 0) is 19.3 Å². The Morgan fingerprint density at radius 3 is 2.83 bits per heavy atom. The summed E-state index contributed by atoms with van der Waals surface area (Å²) in [5.74, 6) is 0. The summed E-state index contributed by atoms with van der Waals surface area (Å²) < 4.78 is 0. The Morgan fingerprint density at radius 2 is 2.33 bits per heavy atom. The van der Waals surface area contributed by atoms with Crippen LogP contribution in [0.2, 0.25) is 0 Å². The van der Waals surface area contributed by atoms with Crippen LogP contribution < -0.4 is 11.5 Å². The van der Waals surface area contributed by atoms with Gasteiger partial charge in [-0.1, -0.05) is 6.92 Å². The van der Waals surface area contributed by atoms with E-state index in [2.05, 4.69) is 6.92 Å². The fourth-order valence-corrected chi connectivity index (χ4v) is 1.76. The normalized spacial score (nSPS) is 30.3. The standard InChI is InChI=1S/C8H17N3O/c1-2-7-5-6(9)3-4-11(7)8(10)12/h6-7H,2-5,9H2,1H3,(H2,10,12). The lowest BCUT2D eigenvalue weighted by molar-refractivity contribution is 0.149. The lowest BCUT2D eigenvalue weighted by Gasteiger charge is -2.36. The highest BCUT2D eigenvalue weighted by molar-refractivity contribution is 5.72. The first-order valence-corrected chi connectivity index (χ1v) is 4.46. The highest BCUT2D eigenvalue weighted by atomic mass is 16.2. The summed E-state index contributed by atoms with van der Waals surface area (Å²) in [6.45, 7) is 2.77. The summed E-state index contributed by atoms with van der Waals surface area (Å²) >= 11 is 0. The topological polar surface area (TPSA) is 72.3 Å². The molecule has 2 atom stereocenters. The molecular weight excluding hydrogens is 154 g/mol. The van der Waals surface area contributed by atoms with Crippen LogP contribution in [0.5, 0.6) is 0 Å². The third kappa shape index (κ3) is 1.88. The van der Waals surface area contributed by atoms with Crippen molar-refractivity contribution in [1.82, 2.24) is 4.90 Å². The van der Waals surface area contributed by atoms with Gasteiger partial charge in [0.15, 0.2) is 0 Å². The summed E-state index contributed by atoms with van der Waals surface area (Å²) in [7, 11) is 0. The van der Waals surface area contributed by atoms with Crippen molar-refractivity contribution >= 4 is 6.03 Å². The zero-order valence-electron chi connectivity index (χ0n) is 7.49. The van der Waals surface area contributed by atoms with Crippen molar-refractivity contribution in [3.8, 4) is 0 Å². The predicted molar refractivity (Wildman–Crippen MR) is 47.6 cm³/mol. The second-order valence-electron chi connectivity index (χ2n) is 3.38. The van der Waals surface area contributed by atoms with Crippen LogP contribution in [0.1, 0.15) is 26.2 Å². The zero-order chi connectivity index (χ0) is 9.14. The van der Waals surface area contributed by atoms with Crippen molar-refractivity contribution in [2.75, 3.05) is 6.54 Å². The smallest absolute Gasteiger partial charge is 0.315 e. The van der Waals surface area contributed by atoms with Gasteiger partial charge in [0, 0.05) is 18.6 Å². The van der Waals surface area contributed by atoms with Crippen molar-refractivity contribution < 1.29 is 4.79 Å². The Morgan fingerprint density at radius 1 is 1.67 bits per heavy atom. The number of likely N-dealkylation sites (tertiary alicyclic amines) is 1. The lowest BCUT2D eigenvalue weighted by atomic mass is 9.96. The third-order valence-corrected chi connectivity index (χ3v) is 2.51. The van der Waals surface area contributed by atoms with E-state index in [1.54, 1.807) is 4.90 Å². The summed E-state index contributed by atoms with van der Waals surface area (Å²) in [6, 6.07) is 0.186. The summed E-state index contributed by atoms with van der Waals surface area (Å²) in [5.41, 5.74) is 11.0. The Bertz CT molecular complexity index is 172. The molecule has 4 N–H and O–H groups in total. The van der Waals surface area contributed by atoms with Gasteiger partial charge in [0.2, 0.25) is 0 Å². The van der Waals surface area contributed by atoms with E-state index in [-0.39, 0.29) is 18.1 Å². The minimum absolute atomic E-state index is 0.241. The van der Waals surface area contributed by atoms with Crippen LogP contribution in [0.25, 0.3) is 0 Å². The van der Waals surface area contributed by atoms with E-state index < -0.39 is 0 Å². The van der Waals surface area contributed by atoms with E-state index in [0.717, 1.165) is 25.8 Å². The molecule has 1 aliphatic heterocycles. The maximum absolute atomic E-state index is 10.9. The first-order chi connectivity index (χ1) is 5.65. The van der Waals surface area contributed by atoms with Crippen LogP contribution in [0.3, 0.4) is 0 Å². The molecule has 0 saturated carbocycles. The molecule has 1 rings (SSSR count). The first kappa shape index (κ1) is 9.32. The Kier molecular flexibility index (Phi) is 2.92. The number of primary amides is 1. The van der Waals surface area contributed by atoms with Gasteiger partial charge >= 0.3 is 6.03 Å². The highest BCUT2D eigenvalue weighted by Crippen LogP contribution is 2.18. The molecule has 0 bridgehead atoms. The number of piperidine rings is 1. The molecule has 0 radical (unpaired) electrons. The number of hydrogen-bond donors (Lipinski definition) is 2. The average molecular weight is 171 g/mol. The van der Waals surface area contributed by atoms with Crippen molar-refractivity contribution in [3.63, 3.8) is 0 Å². The van der Waals surface area contributed by atoms with E-state index in [4.69, 9.17) is 11.5 Å². The highest BCUT2D eigenvalue weighted by Gasteiger charge is 2.27. The first-order valence-electron chi connectivity index (χ1n) is 4.46. The molecule has 0 aromatic rings. The van der Waals surface area contributed by atoms with E-state index in [1.165, 1.54) is 0 Å². The molecule has 0 aromatic heterocycles. The summed E-state index contributed by atoms with van der Waals surface area (Å²) in [5, 5.41) is 0. The van der Waals surface area contributed by atoms with Gasteiger partial charge < -0.3 is 16.4 Å². The van der Waals surface area contributed by atoms with Gasteiger partial charge in [0.25, 0.3) is 0 Å². The number of rotatable bonds is 1. The number of nitrogens with two attached hydrogens (primary N) is 2. The molecule has 0 aromatic carbocycles. The van der Waals surface area contributed by atoms with E-state index >= 15 is 0 Å². The fourth-order valence-electron chi connectivity index (χ4n) is 1.76. The van der Waals surface area contributed by atoms with E-state index in [9.17, 15) is 4.79 Å². The largest absolute Gasteiger partial charge is 0.351 e. The van der Waals surface area contributed by atoms with Crippen LogP contribution in [-0.2, 0) is 0 Å². The SMILES string of the molecule is CCC1CC(N)CCN1C(N)=O. The van der Waals surface area contributed by atoms with Crippen LogP contribution in [-0.4, -0.2) is 29.6 Å². The van der Waals surface area contributed by atoms with E-state index in [1.807, 2.05) is 0 Å². The number of carbonyl (C=O) groups is 1. The van der Waals surface area contributed by atoms with Crippen LogP contribution in [0.4, 0.5) is 4.79 Å². The molecule has 2 unspecified atom stereocenters. The average Bonchev–Trinajstić information content (AvgIpc) is 2.03. The maximum atomic E-state index is 10.9. The Balaban J connectivity index is 2.56. The molecule has 1 aliphatic rings. The summed E-state index contributed by atoms with van der Waals surface area (Å²) in [6.07, 6.45) is 2.70. The van der Waals surface area contributed by atoms with Gasteiger partial charge in [-0.25, -0.2) is 4.79 Å². The number of amides is 2. The number of carbonyl (C=O) groups excluding carboxylic acids is 1. The van der Waals surface area contributed by atoms with Crippen molar-refractivity contribution in [3.05, 3.63) is 0 Å². The van der Waals surface area contributed by atoms with Crippen LogP contribution in [0, 0.1) is 0 Å². The minimum atomic E-state index is -0.311. The summed E-state index contributed by atoms with van der Waals surface area (Å²) in [4.78, 5) is 12.7. The van der Waals surface area contributed by atoms with Gasteiger partial charge in [-0.2, -0.15) is 0 Å². The number of urea groups is 1. The molecular formula is C8H17N3O. The second kappa shape index (κ2) is 3.76. The van der Waals surface area contributed by atoms with Crippen LogP contribution >= 0.6 is 0 Å². The van der Waals surface area contributed by atoms with E-state index in [0.29, 0.717) is 0 Å². The number of nitrogens with zero attached hydrogens (tertiary/aromatic N) is 1. The minimum Gasteiger partial charge on any atom is -0.351 e. The quantitative estimate of drug-likeness (QED) is 0.594. The Hall–Kier alpha value is -0.770.